The maximum absolute atomic E-state index is 4.99. The molecule has 138 valence electrons. The number of benzene rings is 4. The molecule has 4 aromatic carbocycles. The topological polar surface area (TPSA) is 25.8 Å². The maximum Gasteiger partial charge on any atom is 0.160 e. The van der Waals surface area contributed by atoms with Crippen molar-refractivity contribution in [1.82, 2.24) is 9.97 Å². The average Bonchev–Trinajstić information content (AvgIpc) is 2.79. The fourth-order valence-corrected chi connectivity index (χ4v) is 3.65. The highest BCUT2D eigenvalue weighted by atomic mass is 14.9. The molecule has 0 atom stereocenters. The van der Waals surface area contributed by atoms with Crippen molar-refractivity contribution in [1.29, 1.82) is 0 Å². The summed E-state index contributed by atoms with van der Waals surface area (Å²) in [7, 11) is 0. The molecule has 0 saturated heterocycles. The third-order valence-corrected chi connectivity index (χ3v) is 5.13. The van der Waals surface area contributed by atoms with Crippen LogP contribution in [0.5, 0.6) is 0 Å². The minimum atomic E-state index is 0.754. The van der Waals surface area contributed by atoms with Gasteiger partial charge >= 0.3 is 0 Å². The molecule has 1 aromatic heterocycles. The Kier molecular flexibility index (Phi) is 4.38. The monoisotopic (exact) mass is 372 g/mol. The standard InChI is InChI=1S/C27H20N2/c1-19-15-16-24-25(17-19)28-27(21-11-6-3-7-12-21)29-26(24)23-14-8-13-22(18-23)20-9-4-2-5-10-20/h2-18H,1H3. The van der Waals surface area contributed by atoms with Crippen molar-refractivity contribution in [3.05, 3.63) is 109 Å². The Hall–Kier alpha value is -3.78. The molecular weight excluding hydrogens is 352 g/mol. The maximum atomic E-state index is 4.99. The largest absolute Gasteiger partial charge is 0.228 e. The molecule has 0 radical (unpaired) electrons. The van der Waals surface area contributed by atoms with Gasteiger partial charge in [-0.3, -0.25) is 0 Å². The van der Waals surface area contributed by atoms with Crippen molar-refractivity contribution in [3.8, 4) is 33.8 Å². The van der Waals surface area contributed by atoms with Gasteiger partial charge in [-0.2, -0.15) is 0 Å². The third kappa shape index (κ3) is 3.41. The van der Waals surface area contributed by atoms with Crippen molar-refractivity contribution in [3.63, 3.8) is 0 Å². The van der Waals surface area contributed by atoms with Gasteiger partial charge < -0.3 is 0 Å². The molecule has 2 heteroatoms. The van der Waals surface area contributed by atoms with Crippen LogP contribution in [0, 0.1) is 6.92 Å². The van der Waals surface area contributed by atoms with Crippen molar-refractivity contribution in [2.75, 3.05) is 0 Å². The quantitative estimate of drug-likeness (QED) is 0.343. The fraction of sp³-hybridized carbons (Fsp3) is 0.0370. The van der Waals surface area contributed by atoms with Gasteiger partial charge in [0.1, 0.15) is 0 Å². The highest BCUT2D eigenvalue weighted by Crippen LogP contribution is 2.32. The summed E-state index contributed by atoms with van der Waals surface area (Å²) in [5.74, 6) is 0.754. The Labute approximate surface area is 170 Å². The van der Waals surface area contributed by atoms with Crippen LogP contribution < -0.4 is 0 Å². The van der Waals surface area contributed by atoms with Crippen LogP contribution in [0.15, 0.2) is 103 Å². The fourth-order valence-electron chi connectivity index (χ4n) is 3.65. The van der Waals surface area contributed by atoms with Crippen LogP contribution in [-0.2, 0) is 0 Å². The van der Waals surface area contributed by atoms with Crippen LogP contribution in [0.4, 0.5) is 0 Å². The van der Waals surface area contributed by atoms with E-state index in [9.17, 15) is 0 Å². The Bertz CT molecular complexity index is 1290. The van der Waals surface area contributed by atoms with Crippen LogP contribution in [-0.4, -0.2) is 9.97 Å². The first-order valence-electron chi connectivity index (χ1n) is 9.78. The van der Waals surface area contributed by atoms with Crippen molar-refractivity contribution in [2.24, 2.45) is 0 Å². The molecule has 0 aliphatic carbocycles. The highest BCUT2D eigenvalue weighted by Gasteiger charge is 2.12. The van der Waals surface area contributed by atoms with E-state index in [1.54, 1.807) is 0 Å². The molecule has 29 heavy (non-hydrogen) atoms. The second-order valence-electron chi connectivity index (χ2n) is 7.23. The van der Waals surface area contributed by atoms with E-state index in [0.29, 0.717) is 0 Å². The lowest BCUT2D eigenvalue weighted by molar-refractivity contribution is 1.22. The molecular formula is C27H20N2. The lowest BCUT2D eigenvalue weighted by atomic mass is 9.99. The predicted octanol–water partition coefficient (Wildman–Crippen LogP) is 6.94. The zero-order valence-electron chi connectivity index (χ0n) is 16.2. The van der Waals surface area contributed by atoms with Crippen molar-refractivity contribution < 1.29 is 0 Å². The summed E-state index contributed by atoms with van der Waals surface area (Å²) < 4.78 is 0. The molecule has 0 spiro atoms. The van der Waals surface area contributed by atoms with Gasteiger partial charge in [0.2, 0.25) is 0 Å². The second kappa shape index (κ2) is 7.33. The van der Waals surface area contributed by atoms with E-state index in [2.05, 4.69) is 85.8 Å². The summed E-state index contributed by atoms with van der Waals surface area (Å²) in [6, 6.07) is 35.6. The first kappa shape index (κ1) is 17.3. The van der Waals surface area contributed by atoms with E-state index in [-0.39, 0.29) is 0 Å². The molecule has 0 unspecified atom stereocenters. The van der Waals surface area contributed by atoms with Crippen LogP contribution in [0.25, 0.3) is 44.7 Å². The Morgan fingerprint density at radius 3 is 1.93 bits per heavy atom. The van der Waals surface area contributed by atoms with E-state index in [1.165, 1.54) is 16.7 Å². The van der Waals surface area contributed by atoms with E-state index in [0.717, 1.165) is 33.5 Å². The summed E-state index contributed by atoms with van der Waals surface area (Å²) in [5.41, 5.74) is 7.64. The van der Waals surface area contributed by atoms with Gasteiger partial charge in [0.05, 0.1) is 11.2 Å². The van der Waals surface area contributed by atoms with Gasteiger partial charge in [-0.15, -0.1) is 0 Å². The number of fused-ring (bicyclic) bond motifs is 1. The van der Waals surface area contributed by atoms with Gasteiger partial charge in [0.25, 0.3) is 0 Å². The average molecular weight is 372 g/mol. The smallest absolute Gasteiger partial charge is 0.160 e. The molecule has 0 N–H and O–H groups in total. The first-order valence-corrected chi connectivity index (χ1v) is 9.78. The first-order chi connectivity index (χ1) is 14.3. The Morgan fingerprint density at radius 1 is 0.517 bits per heavy atom. The number of nitrogens with zero attached hydrogens (tertiary/aromatic N) is 2. The van der Waals surface area contributed by atoms with E-state index >= 15 is 0 Å². The molecule has 0 bridgehead atoms. The summed E-state index contributed by atoms with van der Waals surface area (Å²) in [6.07, 6.45) is 0. The van der Waals surface area contributed by atoms with E-state index in [1.807, 2.05) is 24.3 Å². The lowest BCUT2D eigenvalue weighted by Gasteiger charge is -2.11. The van der Waals surface area contributed by atoms with Crippen molar-refractivity contribution >= 4 is 10.9 Å². The highest BCUT2D eigenvalue weighted by molar-refractivity contribution is 5.94. The number of rotatable bonds is 3. The lowest BCUT2D eigenvalue weighted by Crippen LogP contribution is -1.95. The molecule has 0 aliphatic rings. The summed E-state index contributed by atoms with van der Waals surface area (Å²) >= 11 is 0. The Balaban J connectivity index is 1.74. The van der Waals surface area contributed by atoms with Crippen LogP contribution in [0.1, 0.15) is 5.56 Å². The minimum absolute atomic E-state index is 0.754. The van der Waals surface area contributed by atoms with Gasteiger partial charge in [-0.25, -0.2) is 9.97 Å². The summed E-state index contributed by atoms with van der Waals surface area (Å²) in [6.45, 7) is 2.10. The van der Waals surface area contributed by atoms with Crippen LogP contribution in [0.3, 0.4) is 0 Å². The number of hydrogen-bond donors (Lipinski definition) is 0. The zero-order valence-corrected chi connectivity index (χ0v) is 16.2. The van der Waals surface area contributed by atoms with Gasteiger partial charge in [0, 0.05) is 16.5 Å². The number of hydrogen-bond acceptors (Lipinski definition) is 2. The third-order valence-electron chi connectivity index (χ3n) is 5.13. The molecule has 5 aromatic rings. The van der Waals surface area contributed by atoms with Gasteiger partial charge in [-0.05, 0) is 35.7 Å². The van der Waals surface area contributed by atoms with Gasteiger partial charge in [0.15, 0.2) is 5.82 Å². The SMILES string of the molecule is Cc1ccc2c(-c3cccc(-c4ccccc4)c3)nc(-c3ccccc3)nc2c1. The molecule has 1 heterocycles. The number of aromatic nitrogens is 2. The molecule has 5 rings (SSSR count). The predicted molar refractivity (Wildman–Crippen MR) is 121 cm³/mol. The molecule has 0 aliphatic heterocycles. The molecule has 2 nitrogen and oxygen atoms in total. The number of aryl methyl sites for hydroxylation is 1. The van der Waals surface area contributed by atoms with Crippen LogP contribution in [0.2, 0.25) is 0 Å². The van der Waals surface area contributed by atoms with E-state index in [4.69, 9.17) is 9.97 Å². The van der Waals surface area contributed by atoms with Crippen molar-refractivity contribution in [2.45, 2.75) is 6.92 Å². The zero-order chi connectivity index (χ0) is 19.6. The second-order valence-corrected chi connectivity index (χ2v) is 7.23. The molecule has 0 saturated carbocycles. The molecule has 0 amide bonds. The van der Waals surface area contributed by atoms with Gasteiger partial charge in [-0.1, -0.05) is 91.0 Å². The summed E-state index contributed by atoms with van der Waals surface area (Å²) in [4.78, 5) is 9.86. The molecule has 0 fully saturated rings. The minimum Gasteiger partial charge on any atom is -0.228 e. The Morgan fingerprint density at radius 2 is 1.17 bits per heavy atom. The summed E-state index contributed by atoms with van der Waals surface area (Å²) in [5, 5.41) is 1.07. The van der Waals surface area contributed by atoms with E-state index < -0.39 is 0 Å². The normalized spacial score (nSPS) is 10.9. The van der Waals surface area contributed by atoms with Crippen LogP contribution >= 0.6 is 0 Å².